The fourth-order valence-corrected chi connectivity index (χ4v) is 4.42. The van der Waals surface area contributed by atoms with Crippen molar-refractivity contribution in [2.24, 2.45) is 0 Å². The van der Waals surface area contributed by atoms with Gasteiger partial charge in [-0.05, 0) is 71.2 Å². The molecule has 0 aliphatic carbocycles. The fourth-order valence-electron chi connectivity index (χ4n) is 3.37. The smallest absolute Gasteiger partial charge is 0.261 e. The average molecular weight is 562 g/mol. The minimum atomic E-state index is -0.646. The van der Waals surface area contributed by atoms with E-state index in [-0.39, 0.29) is 24.5 Å². The molecule has 1 atom stereocenters. The maximum absolute atomic E-state index is 13.2. The standard InChI is InChI=1S/C25H26Br2N2O3/c1-16(2)28-25(31)17(3)29(14-18-7-6-9-20(26)13-18)23(30)15-32-22-12-11-19-8-4-5-10-21(19)24(22)27/h4-13,16-17H,14-15H2,1-3H3,(H,28,31). The summed E-state index contributed by atoms with van der Waals surface area (Å²) in [6.45, 7) is 5.65. The number of amides is 2. The van der Waals surface area contributed by atoms with Crippen LogP contribution in [0, 0.1) is 0 Å². The van der Waals surface area contributed by atoms with E-state index in [1.807, 2.05) is 74.5 Å². The lowest BCUT2D eigenvalue weighted by Crippen LogP contribution is -2.50. The molecular formula is C25H26Br2N2O3. The van der Waals surface area contributed by atoms with Crippen molar-refractivity contribution in [1.29, 1.82) is 0 Å². The molecule has 5 nitrogen and oxygen atoms in total. The molecule has 1 unspecified atom stereocenters. The van der Waals surface area contributed by atoms with Crippen molar-refractivity contribution < 1.29 is 14.3 Å². The van der Waals surface area contributed by atoms with E-state index in [0.29, 0.717) is 12.3 Å². The summed E-state index contributed by atoms with van der Waals surface area (Å²) in [5, 5.41) is 4.97. The number of halogens is 2. The van der Waals surface area contributed by atoms with Crippen molar-refractivity contribution in [3.63, 3.8) is 0 Å². The molecular weight excluding hydrogens is 536 g/mol. The largest absolute Gasteiger partial charge is 0.483 e. The van der Waals surface area contributed by atoms with Crippen LogP contribution in [-0.2, 0) is 16.1 Å². The van der Waals surface area contributed by atoms with Gasteiger partial charge in [-0.1, -0.05) is 58.4 Å². The van der Waals surface area contributed by atoms with Crippen molar-refractivity contribution >= 4 is 54.4 Å². The molecule has 0 saturated heterocycles. The number of ether oxygens (including phenoxy) is 1. The van der Waals surface area contributed by atoms with Gasteiger partial charge in [0.15, 0.2) is 6.61 Å². The van der Waals surface area contributed by atoms with Crippen LogP contribution in [0.1, 0.15) is 26.3 Å². The highest BCUT2D eigenvalue weighted by molar-refractivity contribution is 9.11. The molecule has 1 N–H and O–H groups in total. The third-order valence-corrected chi connectivity index (χ3v) is 6.33. The van der Waals surface area contributed by atoms with Crippen molar-refractivity contribution in [1.82, 2.24) is 10.2 Å². The van der Waals surface area contributed by atoms with Crippen molar-refractivity contribution in [3.8, 4) is 5.75 Å². The Balaban J connectivity index is 1.79. The minimum absolute atomic E-state index is 0.0161. The highest BCUT2D eigenvalue weighted by atomic mass is 79.9. The van der Waals surface area contributed by atoms with Gasteiger partial charge in [-0.25, -0.2) is 0 Å². The lowest BCUT2D eigenvalue weighted by atomic mass is 10.1. The molecule has 3 aromatic carbocycles. The second-order valence-electron chi connectivity index (χ2n) is 7.88. The van der Waals surface area contributed by atoms with Gasteiger partial charge in [0, 0.05) is 17.1 Å². The molecule has 0 spiro atoms. The van der Waals surface area contributed by atoms with Crippen LogP contribution in [0.15, 0.2) is 69.6 Å². The van der Waals surface area contributed by atoms with Crippen LogP contribution in [0.2, 0.25) is 0 Å². The van der Waals surface area contributed by atoms with E-state index in [0.717, 1.165) is 25.3 Å². The highest BCUT2D eigenvalue weighted by Gasteiger charge is 2.27. The Labute approximate surface area is 205 Å². The molecule has 0 saturated carbocycles. The number of nitrogens with zero attached hydrogens (tertiary/aromatic N) is 1. The van der Waals surface area contributed by atoms with E-state index >= 15 is 0 Å². The molecule has 0 radical (unpaired) electrons. The number of nitrogens with one attached hydrogen (secondary N) is 1. The average Bonchev–Trinajstić information content (AvgIpc) is 2.76. The van der Waals surface area contributed by atoms with E-state index in [1.165, 1.54) is 0 Å². The number of hydrogen-bond donors (Lipinski definition) is 1. The molecule has 32 heavy (non-hydrogen) atoms. The summed E-state index contributed by atoms with van der Waals surface area (Å²) >= 11 is 7.05. The zero-order valence-electron chi connectivity index (χ0n) is 18.3. The zero-order valence-corrected chi connectivity index (χ0v) is 21.4. The molecule has 2 amide bonds. The molecule has 0 aliphatic rings. The fraction of sp³-hybridized carbons (Fsp3) is 0.280. The first kappa shape index (κ1) is 24.3. The number of hydrogen-bond acceptors (Lipinski definition) is 3. The van der Waals surface area contributed by atoms with Crippen molar-refractivity contribution in [2.45, 2.75) is 39.4 Å². The minimum Gasteiger partial charge on any atom is -0.483 e. The van der Waals surface area contributed by atoms with Gasteiger partial charge in [-0.15, -0.1) is 0 Å². The second-order valence-corrected chi connectivity index (χ2v) is 9.59. The van der Waals surface area contributed by atoms with E-state index in [9.17, 15) is 9.59 Å². The van der Waals surface area contributed by atoms with Crippen LogP contribution in [0.5, 0.6) is 5.75 Å². The molecule has 7 heteroatoms. The monoisotopic (exact) mass is 560 g/mol. The Kier molecular flexibility index (Phi) is 8.32. The Bertz CT molecular complexity index is 1120. The summed E-state index contributed by atoms with van der Waals surface area (Å²) in [4.78, 5) is 27.4. The maximum Gasteiger partial charge on any atom is 0.261 e. The zero-order chi connectivity index (χ0) is 23.3. The summed E-state index contributed by atoms with van der Waals surface area (Å²) < 4.78 is 7.59. The molecule has 0 fully saturated rings. The van der Waals surface area contributed by atoms with Crippen LogP contribution < -0.4 is 10.1 Å². The van der Waals surface area contributed by atoms with Crippen LogP contribution in [0.25, 0.3) is 10.8 Å². The van der Waals surface area contributed by atoms with E-state index in [2.05, 4.69) is 37.2 Å². The van der Waals surface area contributed by atoms with E-state index in [4.69, 9.17) is 4.74 Å². The summed E-state index contributed by atoms with van der Waals surface area (Å²) in [6.07, 6.45) is 0. The Morgan fingerprint density at radius 1 is 1.00 bits per heavy atom. The van der Waals surface area contributed by atoms with Gasteiger partial charge in [0.2, 0.25) is 5.91 Å². The molecule has 0 bridgehead atoms. The second kappa shape index (κ2) is 11.0. The van der Waals surface area contributed by atoms with Gasteiger partial charge in [0.05, 0.1) is 4.47 Å². The van der Waals surface area contributed by atoms with Gasteiger partial charge < -0.3 is 15.0 Å². The number of carbonyl (C=O) groups is 2. The first-order chi connectivity index (χ1) is 15.3. The first-order valence-corrected chi connectivity index (χ1v) is 12.0. The Morgan fingerprint density at radius 3 is 2.47 bits per heavy atom. The quantitative estimate of drug-likeness (QED) is 0.384. The van der Waals surface area contributed by atoms with Crippen molar-refractivity contribution in [2.75, 3.05) is 6.61 Å². The summed E-state index contributed by atoms with van der Waals surface area (Å²) in [7, 11) is 0. The van der Waals surface area contributed by atoms with Gasteiger partial charge in [0.25, 0.3) is 5.91 Å². The van der Waals surface area contributed by atoms with Gasteiger partial charge >= 0.3 is 0 Å². The number of carbonyl (C=O) groups excluding carboxylic acids is 2. The lowest BCUT2D eigenvalue weighted by molar-refractivity contribution is -0.142. The third kappa shape index (κ3) is 6.11. The molecule has 3 rings (SSSR count). The normalized spacial score (nSPS) is 11.9. The summed E-state index contributed by atoms with van der Waals surface area (Å²) in [5.41, 5.74) is 0.920. The number of fused-ring (bicyclic) bond motifs is 1. The number of benzene rings is 3. The Hall–Kier alpha value is -2.38. The van der Waals surface area contributed by atoms with Gasteiger partial charge in [-0.3, -0.25) is 9.59 Å². The van der Waals surface area contributed by atoms with Crippen LogP contribution in [0.3, 0.4) is 0 Å². The topological polar surface area (TPSA) is 58.6 Å². The predicted octanol–water partition coefficient (Wildman–Crippen LogP) is 5.69. The lowest BCUT2D eigenvalue weighted by Gasteiger charge is -2.29. The molecule has 0 aromatic heterocycles. The van der Waals surface area contributed by atoms with Crippen LogP contribution in [0.4, 0.5) is 0 Å². The Morgan fingerprint density at radius 2 is 1.75 bits per heavy atom. The van der Waals surface area contributed by atoms with Gasteiger partial charge in [0.1, 0.15) is 11.8 Å². The van der Waals surface area contributed by atoms with Crippen LogP contribution >= 0.6 is 31.9 Å². The molecule has 0 heterocycles. The summed E-state index contributed by atoms with van der Waals surface area (Å²) in [5.74, 6) is 0.116. The van der Waals surface area contributed by atoms with E-state index in [1.54, 1.807) is 11.8 Å². The predicted molar refractivity (Wildman–Crippen MR) is 135 cm³/mol. The molecule has 168 valence electrons. The van der Waals surface area contributed by atoms with E-state index < -0.39 is 6.04 Å². The molecule has 3 aromatic rings. The van der Waals surface area contributed by atoms with Crippen LogP contribution in [-0.4, -0.2) is 35.4 Å². The first-order valence-electron chi connectivity index (χ1n) is 10.4. The van der Waals surface area contributed by atoms with Crippen molar-refractivity contribution in [3.05, 3.63) is 75.2 Å². The third-order valence-electron chi connectivity index (χ3n) is 5.02. The maximum atomic E-state index is 13.2. The SMILES string of the molecule is CC(C)NC(=O)C(C)N(Cc1cccc(Br)c1)C(=O)COc1ccc2ccccc2c1Br. The highest BCUT2D eigenvalue weighted by Crippen LogP contribution is 2.33. The molecule has 0 aliphatic heterocycles. The summed E-state index contributed by atoms with van der Waals surface area (Å²) in [6, 6.07) is 18.8. The van der Waals surface area contributed by atoms with Gasteiger partial charge in [-0.2, -0.15) is 0 Å². The number of rotatable bonds is 8.